The van der Waals surface area contributed by atoms with Crippen LogP contribution in [0.25, 0.3) is 0 Å². The first kappa shape index (κ1) is 32.5. The number of rotatable bonds is 11. The first-order chi connectivity index (χ1) is 20.9. The van der Waals surface area contributed by atoms with Gasteiger partial charge in [-0.2, -0.15) is 0 Å². The van der Waals surface area contributed by atoms with Crippen LogP contribution >= 0.6 is 0 Å². The van der Waals surface area contributed by atoms with Crippen LogP contribution in [0.15, 0.2) is 60.7 Å². The van der Waals surface area contributed by atoms with Crippen molar-refractivity contribution in [3.63, 3.8) is 0 Å². The molecule has 9 heteroatoms. The van der Waals surface area contributed by atoms with Gasteiger partial charge in [0, 0.05) is 27.5 Å². The van der Waals surface area contributed by atoms with Crippen molar-refractivity contribution in [1.29, 1.82) is 0 Å². The molecule has 0 fully saturated rings. The van der Waals surface area contributed by atoms with E-state index in [1.165, 1.54) is 21.3 Å². The van der Waals surface area contributed by atoms with Gasteiger partial charge in [-0.3, -0.25) is 0 Å². The number of aliphatic hydroxyl groups is 3. The minimum atomic E-state index is -0.972. The normalized spacial score (nSPS) is 12.9. The lowest BCUT2D eigenvalue weighted by Gasteiger charge is -2.34. The van der Waals surface area contributed by atoms with Crippen LogP contribution in [0.4, 0.5) is 0 Å². The quantitative estimate of drug-likeness (QED) is 0.130. The summed E-state index contributed by atoms with van der Waals surface area (Å²) in [4.78, 5) is 0. The molecule has 44 heavy (non-hydrogen) atoms. The first-order valence-corrected chi connectivity index (χ1v) is 14.1. The fraction of sp³-hybridized carbons (Fsp3) is 0.314. The van der Waals surface area contributed by atoms with E-state index < -0.39 is 30.7 Å². The van der Waals surface area contributed by atoms with Crippen molar-refractivity contribution in [2.75, 3.05) is 21.3 Å². The third kappa shape index (κ3) is 5.50. The lowest BCUT2D eigenvalue weighted by Crippen LogP contribution is -2.27. The molecule has 0 aliphatic heterocycles. The van der Waals surface area contributed by atoms with Gasteiger partial charge in [0.2, 0.25) is 5.75 Å². The van der Waals surface area contributed by atoms with Crippen LogP contribution < -0.4 is 14.2 Å². The molecule has 0 radical (unpaired) electrons. The third-order valence-corrected chi connectivity index (χ3v) is 8.69. The Morgan fingerprint density at radius 2 is 0.841 bits per heavy atom. The van der Waals surface area contributed by atoms with Gasteiger partial charge in [-0.1, -0.05) is 38.1 Å². The Labute approximate surface area is 257 Å². The fourth-order valence-corrected chi connectivity index (χ4v) is 5.66. The van der Waals surface area contributed by atoms with Crippen LogP contribution in [-0.2, 0) is 30.7 Å². The van der Waals surface area contributed by atoms with Crippen LogP contribution in [0.1, 0.15) is 65.3 Å². The smallest absolute Gasteiger partial charge is 0.200 e. The first-order valence-electron chi connectivity index (χ1n) is 14.1. The predicted molar refractivity (Wildman–Crippen MR) is 166 cm³/mol. The summed E-state index contributed by atoms with van der Waals surface area (Å²) in [5.74, 6) is 0.335. The topological polar surface area (TPSA) is 149 Å². The summed E-state index contributed by atoms with van der Waals surface area (Å²) < 4.78 is 16.2. The van der Waals surface area contributed by atoms with Gasteiger partial charge in [-0.25, -0.2) is 0 Å². The number of methoxy groups -OCH3 is 3. The maximum Gasteiger partial charge on any atom is 0.200 e. The van der Waals surface area contributed by atoms with Gasteiger partial charge < -0.3 is 44.8 Å². The molecule has 0 aromatic heterocycles. The fourth-order valence-electron chi connectivity index (χ4n) is 5.66. The molecule has 9 nitrogen and oxygen atoms in total. The molecule has 0 saturated carbocycles. The van der Waals surface area contributed by atoms with E-state index in [4.69, 9.17) is 14.2 Å². The Morgan fingerprint density at radius 3 is 1.27 bits per heavy atom. The van der Waals surface area contributed by atoms with E-state index in [-0.39, 0.29) is 39.7 Å². The minimum Gasteiger partial charge on any atom is -0.507 e. The zero-order valence-corrected chi connectivity index (χ0v) is 25.8. The minimum absolute atomic E-state index is 0.0781. The average Bonchev–Trinajstić information content (AvgIpc) is 3.04. The Morgan fingerprint density at radius 1 is 0.477 bits per heavy atom. The van der Waals surface area contributed by atoms with E-state index in [1.54, 1.807) is 36.4 Å². The van der Waals surface area contributed by atoms with E-state index in [0.717, 1.165) is 16.7 Å². The highest BCUT2D eigenvalue weighted by molar-refractivity contribution is 5.60. The summed E-state index contributed by atoms with van der Waals surface area (Å²) in [6, 6.07) is 18.2. The number of ether oxygens (including phenoxy) is 3. The predicted octanol–water partition coefficient (Wildman–Crippen LogP) is 4.99. The molecule has 0 spiro atoms. The highest BCUT2D eigenvalue weighted by Crippen LogP contribution is 2.47. The standard InChI is InChI=1S/C35H40O9/c1-34(2,25-14-29(43-5)33(41)30(15-25)44-6)23-7-9-24(10-8-23)35(3,26-11-20(17-36)31(39)21(12-26)18-37)27-13-22(19-38)32(40)28(16-27)42-4/h7-16,36-41H,17-19H2,1-6H3. The number of benzene rings is 4. The number of hydrogen-bond acceptors (Lipinski definition) is 9. The third-order valence-electron chi connectivity index (χ3n) is 8.69. The second-order valence-electron chi connectivity index (χ2n) is 11.4. The Balaban J connectivity index is 1.95. The number of phenols is 3. The summed E-state index contributed by atoms with van der Waals surface area (Å²) >= 11 is 0. The zero-order valence-electron chi connectivity index (χ0n) is 25.8. The molecular weight excluding hydrogens is 564 g/mol. The number of aliphatic hydroxyl groups excluding tert-OH is 3. The van der Waals surface area contributed by atoms with Gasteiger partial charge in [0.1, 0.15) is 5.75 Å². The van der Waals surface area contributed by atoms with Crippen molar-refractivity contribution in [1.82, 2.24) is 0 Å². The maximum atomic E-state index is 10.6. The largest absolute Gasteiger partial charge is 0.507 e. The van der Waals surface area contributed by atoms with Crippen molar-refractivity contribution in [2.24, 2.45) is 0 Å². The number of phenolic OH excluding ortho intramolecular Hbond substituents is 1. The molecule has 0 aliphatic carbocycles. The van der Waals surface area contributed by atoms with E-state index in [0.29, 0.717) is 22.6 Å². The Bertz CT molecular complexity index is 1500. The van der Waals surface area contributed by atoms with Gasteiger partial charge in [0.15, 0.2) is 23.0 Å². The van der Waals surface area contributed by atoms with E-state index in [1.807, 2.05) is 45.0 Å². The lowest BCUT2D eigenvalue weighted by molar-refractivity contribution is 0.263. The molecule has 1 unspecified atom stereocenters. The molecule has 0 saturated heterocycles. The number of aromatic hydroxyl groups is 3. The lowest BCUT2D eigenvalue weighted by atomic mass is 9.69. The van der Waals surface area contributed by atoms with Crippen molar-refractivity contribution in [3.8, 4) is 34.5 Å². The molecule has 0 aliphatic rings. The van der Waals surface area contributed by atoms with Gasteiger partial charge >= 0.3 is 0 Å². The van der Waals surface area contributed by atoms with Gasteiger partial charge in [0.25, 0.3) is 0 Å². The monoisotopic (exact) mass is 604 g/mol. The van der Waals surface area contributed by atoms with Crippen LogP contribution in [0.2, 0.25) is 0 Å². The summed E-state index contributed by atoms with van der Waals surface area (Å²) in [6.07, 6.45) is 0. The van der Waals surface area contributed by atoms with Gasteiger partial charge in [-0.15, -0.1) is 0 Å². The molecular formula is C35H40O9. The van der Waals surface area contributed by atoms with E-state index >= 15 is 0 Å². The molecule has 234 valence electrons. The average molecular weight is 605 g/mol. The SMILES string of the molecule is COc1cc(C(C)(c2ccc(C(C)(C)c3cc(OC)c(O)c(OC)c3)cc2)c2cc(CO)c(O)c(CO)c2)cc(CO)c1O. The highest BCUT2D eigenvalue weighted by Gasteiger charge is 2.35. The Kier molecular flexibility index (Phi) is 9.34. The zero-order chi connectivity index (χ0) is 32.4. The maximum absolute atomic E-state index is 10.6. The molecule has 4 rings (SSSR count). The second-order valence-corrected chi connectivity index (χ2v) is 11.4. The van der Waals surface area contributed by atoms with Crippen LogP contribution in [0, 0.1) is 0 Å². The Hall–Kier alpha value is -4.44. The van der Waals surface area contributed by atoms with Crippen molar-refractivity contribution in [3.05, 3.63) is 105 Å². The van der Waals surface area contributed by atoms with E-state index in [2.05, 4.69) is 0 Å². The molecule has 0 amide bonds. The summed E-state index contributed by atoms with van der Waals surface area (Å²) in [5.41, 5.74) is 3.19. The molecule has 1 atom stereocenters. The van der Waals surface area contributed by atoms with Gasteiger partial charge in [0.05, 0.1) is 41.2 Å². The molecule has 4 aromatic carbocycles. The van der Waals surface area contributed by atoms with Gasteiger partial charge in [-0.05, 0) is 71.1 Å². The highest BCUT2D eigenvalue weighted by atomic mass is 16.5. The van der Waals surface area contributed by atoms with Crippen molar-refractivity contribution < 1.29 is 44.8 Å². The number of hydrogen-bond donors (Lipinski definition) is 6. The summed E-state index contributed by atoms with van der Waals surface area (Å²) in [5, 5.41) is 61.8. The van der Waals surface area contributed by atoms with Crippen LogP contribution in [0.5, 0.6) is 34.5 Å². The van der Waals surface area contributed by atoms with Crippen LogP contribution in [0.3, 0.4) is 0 Å². The molecule has 0 bridgehead atoms. The van der Waals surface area contributed by atoms with Crippen molar-refractivity contribution >= 4 is 0 Å². The summed E-state index contributed by atoms with van der Waals surface area (Å²) in [7, 11) is 4.39. The van der Waals surface area contributed by atoms with E-state index in [9.17, 15) is 30.6 Å². The molecule has 4 aromatic rings. The van der Waals surface area contributed by atoms with Crippen LogP contribution in [-0.4, -0.2) is 52.0 Å². The molecule has 0 heterocycles. The molecule has 6 N–H and O–H groups in total. The second kappa shape index (κ2) is 12.7. The summed E-state index contributed by atoms with van der Waals surface area (Å²) in [6.45, 7) is 4.72. The van der Waals surface area contributed by atoms with Crippen molar-refractivity contribution in [2.45, 2.75) is 51.4 Å².